The van der Waals surface area contributed by atoms with Crippen molar-refractivity contribution in [2.45, 2.75) is 12.2 Å². The maximum absolute atomic E-state index is 13.5. The maximum atomic E-state index is 13.5. The van der Waals surface area contributed by atoms with Crippen molar-refractivity contribution in [3.8, 4) is 5.75 Å². The van der Waals surface area contributed by atoms with E-state index in [1.54, 1.807) is 49.2 Å². The van der Waals surface area contributed by atoms with E-state index in [-0.39, 0.29) is 11.7 Å². The van der Waals surface area contributed by atoms with E-state index in [9.17, 15) is 9.18 Å². The molecule has 2 rings (SSSR count). The van der Waals surface area contributed by atoms with E-state index in [2.05, 4.69) is 11.9 Å². The molecule has 132 valence electrons. The minimum atomic E-state index is -0.188. The van der Waals surface area contributed by atoms with Gasteiger partial charge in [0.15, 0.2) is 0 Å². The number of halogens is 1. The molecule has 2 aromatic carbocycles. The summed E-state index contributed by atoms with van der Waals surface area (Å²) in [5, 5.41) is 2.89. The van der Waals surface area contributed by atoms with E-state index in [0.717, 1.165) is 17.1 Å². The Kier molecular flexibility index (Phi) is 7.54. The molecule has 25 heavy (non-hydrogen) atoms. The Hall–Kier alpha value is -2.27. The van der Waals surface area contributed by atoms with Crippen LogP contribution in [0.4, 0.5) is 4.39 Å². The smallest absolute Gasteiger partial charge is 0.251 e. The standard InChI is InChI=1S/C20H22FNO2S/c1-3-6-15-13-16(9-10-19(15)24-2)20(23)22-11-12-25-14-17-7-4-5-8-18(17)21/h3-5,7-10,13H,1,6,11-12,14H2,2H3,(H,22,23). The number of carbonyl (C=O) groups is 1. The summed E-state index contributed by atoms with van der Waals surface area (Å²) in [5.74, 6) is 1.74. The molecule has 2 aromatic rings. The largest absolute Gasteiger partial charge is 0.496 e. The van der Waals surface area contributed by atoms with Gasteiger partial charge in [0, 0.05) is 23.6 Å². The number of nitrogens with one attached hydrogen (secondary N) is 1. The Bertz CT molecular complexity index is 733. The highest BCUT2D eigenvalue weighted by atomic mass is 32.2. The molecule has 0 unspecified atom stereocenters. The van der Waals surface area contributed by atoms with Gasteiger partial charge >= 0.3 is 0 Å². The van der Waals surface area contributed by atoms with Gasteiger partial charge in [-0.1, -0.05) is 24.3 Å². The van der Waals surface area contributed by atoms with Crippen LogP contribution in [0, 0.1) is 5.82 Å². The first kappa shape index (κ1) is 19.1. The molecule has 0 atom stereocenters. The highest BCUT2D eigenvalue weighted by Gasteiger charge is 2.09. The first-order chi connectivity index (χ1) is 12.2. The predicted octanol–water partition coefficient (Wildman–Crippen LogP) is 4.23. The van der Waals surface area contributed by atoms with E-state index < -0.39 is 0 Å². The molecule has 5 heteroatoms. The summed E-state index contributed by atoms with van der Waals surface area (Å²) in [5.41, 5.74) is 2.21. The monoisotopic (exact) mass is 359 g/mol. The Morgan fingerprint density at radius 1 is 1.28 bits per heavy atom. The molecule has 3 nitrogen and oxygen atoms in total. The molecule has 0 spiro atoms. The zero-order valence-electron chi connectivity index (χ0n) is 14.3. The molecular formula is C20H22FNO2S. The van der Waals surface area contributed by atoms with Crippen LogP contribution in [-0.4, -0.2) is 25.3 Å². The third kappa shape index (κ3) is 5.64. The Morgan fingerprint density at radius 3 is 2.80 bits per heavy atom. The van der Waals surface area contributed by atoms with Gasteiger partial charge in [-0.15, -0.1) is 6.58 Å². The van der Waals surface area contributed by atoms with Gasteiger partial charge in [-0.25, -0.2) is 4.39 Å². The normalized spacial score (nSPS) is 10.3. The van der Waals surface area contributed by atoms with Crippen molar-refractivity contribution in [2.24, 2.45) is 0 Å². The molecular weight excluding hydrogens is 337 g/mol. The van der Waals surface area contributed by atoms with Crippen LogP contribution in [0.3, 0.4) is 0 Å². The molecule has 1 N–H and O–H groups in total. The van der Waals surface area contributed by atoms with Gasteiger partial charge in [-0.05, 0) is 41.8 Å². The van der Waals surface area contributed by atoms with E-state index in [1.807, 2.05) is 12.1 Å². The number of ether oxygens (including phenoxy) is 1. The van der Waals surface area contributed by atoms with Crippen molar-refractivity contribution in [1.82, 2.24) is 5.32 Å². The molecule has 0 fully saturated rings. The van der Waals surface area contributed by atoms with Crippen LogP contribution < -0.4 is 10.1 Å². The summed E-state index contributed by atoms with van der Waals surface area (Å²) >= 11 is 1.59. The first-order valence-corrected chi connectivity index (χ1v) is 9.18. The summed E-state index contributed by atoms with van der Waals surface area (Å²) in [6, 6.07) is 12.1. The van der Waals surface area contributed by atoms with Crippen molar-refractivity contribution in [3.05, 3.63) is 77.6 Å². The second-order valence-corrected chi connectivity index (χ2v) is 6.52. The number of methoxy groups -OCH3 is 1. The fourth-order valence-electron chi connectivity index (χ4n) is 2.37. The number of benzene rings is 2. The lowest BCUT2D eigenvalue weighted by Gasteiger charge is -2.10. The molecule has 0 aliphatic rings. The topological polar surface area (TPSA) is 38.3 Å². The molecule has 0 aromatic heterocycles. The quantitative estimate of drug-likeness (QED) is 0.538. The summed E-state index contributed by atoms with van der Waals surface area (Å²) < 4.78 is 18.8. The van der Waals surface area contributed by atoms with E-state index in [4.69, 9.17) is 4.74 Å². The third-order valence-electron chi connectivity index (χ3n) is 3.65. The minimum absolute atomic E-state index is 0.126. The van der Waals surface area contributed by atoms with Gasteiger partial charge in [0.05, 0.1) is 7.11 Å². The molecule has 0 radical (unpaired) electrons. The molecule has 1 amide bonds. The van der Waals surface area contributed by atoms with Crippen LogP contribution in [0.15, 0.2) is 55.1 Å². The summed E-state index contributed by atoms with van der Waals surface area (Å²) in [6.07, 6.45) is 2.42. The van der Waals surface area contributed by atoms with Crippen LogP contribution >= 0.6 is 11.8 Å². The van der Waals surface area contributed by atoms with E-state index in [0.29, 0.717) is 29.8 Å². The molecule has 0 bridgehead atoms. The number of amides is 1. The number of hydrogen-bond donors (Lipinski definition) is 1. The van der Waals surface area contributed by atoms with Crippen LogP contribution in [0.1, 0.15) is 21.5 Å². The number of carbonyl (C=O) groups excluding carboxylic acids is 1. The zero-order valence-corrected chi connectivity index (χ0v) is 15.1. The van der Waals surface area contributed by atoms with E-state index in [1.165, 1.54) is 6.07 Å². The number of allylic oxidation sites excluding steroid dienone is 1. The van der Waals surface area contributed by atoms with Gasteiger partial charge < -0.3 is 10.1 Å². The first-order valence-electron chi connectivity index (χ1n) is 8.03. The zero-order chi connectivity index (χ0) is 18.1. The van der Waals surface area contributed by atoms with Crippen molar-refractivity contribution < 1.29 is 13.9 Å². The van der Waals surface area contributed by atoms with Crippen molar-refractivity contribution in [2.75, 3.05) is 19.4 Å². The van der Waals surface area contributed by atoms with Gasteiger partial charge in [0.2, 0.25) is 0 Å². The van der Waals surface area contributed by atoms with Crippen LogP contribution in [-0.2, 0) is 12.2 Å². The molecule has 0 saturated heterocycles. The summed E-state index contributed by atoms with van der Waals surface area (Å²) in [7, 11) is 1.61. The van der Waals surface area contributed by atoms with E-state index >= 15 is 0 Å². The average Bonchev–Trinajstić information content (AvgIpc) is 2.63. The molecule has 0 aliphatic carbocycles. The lowest BCUT2D eigenvalue weighted by molar-refractivity contribution is 0.0956. The maximum Gasteiger partial charge on any atom is 0.251 e. The van der Waals surface area contributed by atoms with Crippen molar-refractivity contribution in [1.29, 1.82) is 0 Å². The molecule has 0 aliphatic heterocycles. The Labute approximate surface area is 152 Å². The third-order valence-corrected chi connectivity index (χ3v) is 4.66. The highest BCUT2D eigenvalue weighted by Crippen LogP contribution is 2.21. The average molecular weight is 359 g/mol. The summed E-state index contributed by atoms with van der Waals surface area (Å²) in [4.78, 5) is 12.2. The second kappa shape index (κ2) is 9.89. The fraction of sp³-hybridized carbons (Fsp3) is 0.250. The molecule has 0 saturated carbocycles. The van der Waals surface area contributed by atoms with Crippen LogP contribution in [0.25, 0.3) is 0 Å². The molecule has 0 heterocycles. The Morgan fingerprint density at radius 2 is 2.08 bits per heavy atom. The van der Waals surface area contributed by atoms with Gasteiger partial charge in [-0.2, -0.15) is 11.8 Å². The van der Waals surface area contributed by atoms with Gasteiger partial charge in [0.1, 0.15) is 11.6 Å². The SMILES string of the molecule is C=CCc1cc(C(=O)NCCSCc2ccccc2F)ccc1OC. The van der Waals surface area contributed by atoms with Gasteiger partial charge in [0.25, 0.3) is 5.91 Å². The van der Waals surface area contributed by atoms with Crippen LogP contribution in [0.2, 0.25) is 0 Å². The van der Waals surface area contributed by atoms with Crippen molar-refractivity contribution in [3.63, 3.8) is 0 Å². The summed E-state index contributed by atoms with van der Waals surface area (Å²) in [6.45, 7) is 4.25. The van der Waals surface area contributed by atoms with Gasteiger partial charge in [-0.3, -0.25) is 4.79 Å². The van der Waals surface area contributed by atoms with Crippen molar-refractivity contribution >= 4 is 17.7 Å². The lowest BCUT2D eigenvalue weighted by atomic mass is 10.1. The highest BCUT2D eigenvalue weighted by molar-refractivity contribution is 7.98. The number of rotatable bonds is 9. The number of hydrogen-bond acceptors (Lipinski definition) is 3. The minimum Gasteiger partial charge on any atom is -0.496 e. The predicted molar refractivity (Wildman–Crippen MR) is 102 cm³/mol. The fourth-order valence-corrected chi connectivity index (χ4v) is 3.22. The Balaban J connectivity index is 1.81. The van der Waals surface area contributed by atoms with Crippen LogP contribution in [0.5, 0.6) is 5.75 Å². The second-order valence-electron chi connectivity index (χ2n) is 5.42. The number of thioether (sulfide) groups is 1. The lowest BCUT2D eigenvalue weighted by Crippen LogP contribution is -2.25.